The van der Waals surface area contributed by atoms with E-state index in [2.05, 4.69) is 31.0 Å². The van der Waals surface area contributed by atoms with Gasteiger partial charge in [0.15, 0.2) is 0 Å². The van der Waals surface area contributed by atoms with Gasteiger partial charge in [-0.1, -0.05) is 42.5 Å². The van der Waals surface area contributed by atoms with E-state index in [9.17, 15) is 4.79 Å². The fraction of sp³-hybridized carbons (Fsp3) is 0.167. The third kappa shape index (κ3) is 2.62. The first kappa shape index (κ1) is 14.7. The minimum atomic E-state index is -0.802. The zero-order chi connectivity index (χ0) is 15.7. The van der Waals surface area contributed by atoms with Crippen molar-refractivity contribution in [2.45, 2.75) is 18.7 Å². The maximum absolute atomic E-state index is 11.0. The van der Waals surface area contributed by atoms with Gasteiger partial charge in [0.1, 0.15) is 0 Å². The summed E-state index contributed by atoms with van der Waals surface area (Å²) in [5.41, 5.74) is 5.49. The van der Waals surface area contributed by atoms with Crippen LogP contribution in [0.1, 0.15) is 11.1 Å². The Balaban J connectivity index is 2.26. The number of rotatable bonds is 4. The molecule has 4 heteroatoms. The standard InChI is InChI=1S/C18H17NO2S/c1-11-8-9-12(2)16-15(11)18(22-10-14(20)21)17(19-16)13-6-4-3-5-7-13/h3-9,19H,10H2,1-2H3,(H,20,21). The van der Waals surface area contributed by atoms with Crippen LogP contribution in [0, 0.1) is 13.8 Å². The van der Waals surface area contributed by atoms with E-state index in [-0.39, 0.29) is 5.75 Å². The first-order chi connectivity index (χ1) is 10.6. The molecule has 0 aliphatic rings. The molecule has 1 aromatic heterocycles. The number of carboxylic acids is 1. The number of nitrogens with one attached hydrogen (secondary N) is 1. The largest absolute Gasteiger partial charge is 0.481 e. The number of hydrogen-bond acceptors (Lipinski definition) is 2. The summed E-state index contributed by atoms with van der Waals surface area (Å²) in [5, 5.41) is 10.2. The van der Waals surface area contributed by atoms with Crippen LogP contribution in [0.15, 0.2) is 47.4 Å². The molecule has 0 saturated carbocycles. The first-order valence-electron chi connectivity index (χ1n) is 7.10. The molecule has 2 aromatic carbocycles. The molecule has 2 N–H and O–H groups in total. The zero-order valence-corrected chi connectivity index (χ0v) is 13.3. The highest BCUT2D eigenvalue weighted by atomic mass is 32.2. The van der Waals surface area contributed by atoms with E-state index in [4.69, 9.17) is 5.11 Å². The van der Waals surface area contributed by atoms with E-state index >= 15 is 0 Å². The maximum atomic E-state index is 11.0. The van der Waals surface area contributed by atoms with Crippen LogP contribution in [-0.4, -0.2) is 21.8 Å². The fourth-order valence-corrected chi connectivity index (χ4v) is 3.65. The summed E-state index contributed by atoms with van der Waals surface area (Å²) >= 11 is 1.38. The topological polar surface area (TPSA) is 53.1 Å². The van der Waals surface area contributed by atoms with Crippen LogP contribution in [0.4, 0.5) is 0 Å². The van der Waals surface area contributed by atoms with Gasteiger partial charge in [0, 0.05) is 10.3 Å². The number of aryl methyl sites for hydroxylation is 2. The molecule has 112 valence electrons. The second kappa shape index (κ2) is 5.89. The van der Waals surface area contributed by atoms with Crippen molar-refractivity contribution in [3.8, 4) is 11.3 Å². The fourth-order valence-electron chi connectivity index (χ4n) is 2.66. The lowest BCUT2D eigenvalue weighted by Gasteiger charge is -2.05. The summed E-state index contributed by atoms with van der Waals surface area (Å²) in [6.45, 7) is 4.13. The second-order valence-electron chi connectivity index (χ2n) is 5.33. The third-order valence-corrected chi connectivity index (χ3v) is 4.82. The molecule has 0 radical (unpaired) electrons. The molecule has 0 aliphatic heterocycles. The highest BCUT2D eigenvalue weighted by molar-refractivity contribution is 8.00. The van der Waals surface area contributed by atoms with Crippen LogP contribution in [0.3, 0.4) is 0 Å². The molecule has 3 aromatic rings. The quantitative estimate of drug-likeness (QED) is 0.691. The lowest BCUT2D eigenvalue weighted by Crippen LogP contribution is -1.97. The molecule has 0 amide bonds. The van der Waals surface area contributed by atoms with Gasteiger partial charge in [0.2, 0.25) is 0 Å². The van der Waals surface area contributed by atoms with Crippen LogP contribution in [-0.2, 0) is 4.79 Å². The monoisotopic (exact) mass is 311 g/mol. The van der Waals surface area contributed by atoms with Gasteiger partial charge in [-0.3, -0.25) is 4.79 Å². The molecule has 0 spiro atoms. The Morgan fingerprint density at radius 3 is 2.45 bits per heavy atom. The summed E-state index contributed by atoms with van der Waals surface area (Å²) in [5.74, 6) is -0.746. The van der Waals surface area contributed by atoms with E-state index in [0.717, 1.165) is 32.6 Å². The Kier molecular flexibility index (Phi) is 3.94. The van der Waals surface area contributed by atoms with Crippen LogP contribution in [0.5, 0.6) is 0 Å². The molecule has 0 fully saturated rings. The van der Waals surface area contributed by atoms with Crippen LogP contribution >= 0.6 is 11.8 Å². The number of carbonyl (C=O) groups is 1. The van der Waals surface area contributed by atoms with E-state index in [0.29, 0.717) is 0 Å². The highest BCUT2D eigenvalue weighted by Gasteiger charge is 2.17. The third-order valence-electron chi connectivity index (χ3n) is 3.73. The smallest absolute Gasteiger partial charge is 0.313 e. The van der Waals surface area contributed by atoms with Gasteiger partial charge < -0.3 is 10.1 Å². The van der Waals surface area contributed by atoms with E-state index < -0.39 is 5.97 Å². The van der Waals surface area contributed by atoms with E-state index in [1.165, 1.54) is 17.3 Å². The van der Waals surface area contributed by atoms with Crippen molar-refractivity contribution in [2.75, 3.05) is 5.75 Å². The molecule has 0 saturated heterocycles. The number of H-pyrrole nitrogens is 1. The Hall–Kier alpha value is -2.20. The van der Waals surface area contributed by atoms with Gasteiger partial charge in [0.05, 0.1) is 17.0 Å². The minimum absolute atomic E-state index is 0.0557. The van der Waals surface area contributed by atoms with Crippen LogP contribution < -0.4 is 0 Å². The number of aromatic nitrogens is 1. The predicted molar refractivity (Wildman–Crippen MR) is 91.6 cm³/mol. The molecule has 0 aliphatic carbocycles. The van der Waals surface area contributed by atoms with Gasteiger partial charge in [0.25, 0.3) is 0 Å². The number of thioether (sulfide) groups is 1. The molecule has 0 bridgehead atoms. The molecule has 0 atom stereocenters. The van der Waals surface area contributed by atoms with Crippen molar-refractivity contribution in [3.05, 3.63) is 53.6 Å². The molecule has 0 unspecified atom stereocenters. The van der Waals surface area contributed by atoms with Crippen LogP contribution in [0.25, 0.3) is 22.2 Å². The summed E-state index contributed by atoms with van der Waals surface area (Å²) in [7, 11) is 0. The molecule has 3 rings (SSSR count). The van der Waals surface area contributed by atoms with Crippen molar-refractivity contribution in [1.29, 1.82) is 0 Å². The molecular formula is C18H17NO2S. The van der Waals surface area contributed by atoms with Gasteiger partial charge in [-0.25, -0.2) is 0 Å². The van der Waals surface area contributed by atoms with Gasteiger partial charge in [-0.15, -0.1) is 11.8 Å². The number of aromatic amines is 1. The predicted octanol–water partition coefficient (Wildman–Crippen LogP) is 4.63. The van der Waals surface area contributed by atoms with Crippen molar-refractivity contribution in [3.63, 3.8) is 0 Å². The maximum Gasteiger partial charge on any atom is 0.313 e. The Labute approximate surface area is 133 Å². The highest BCUT2D eigenvalue weighted by Crippen LogP contribution is 2.40. The number of aliphatic carboxylic acids is 1. The number of fused-ring (bicyclic) bond motifs is 1. The average molecular weight is 311 g/mol. The lowest BCUT2D eigenvalue weighted by atomic mass is 10.1. The number of benzene rings is 2. The average Bonchev–Trinajstić information content (AvgIpc) is 2.90. The molecular weight excluding hydrogens is 294 g/mol. The second-order valence-corrected chi connectivity index (χ2v) is 6.31. The van der Waals surface area contributed by atoms with E-state index in [1.807, 2.05) is 30.3 Å². The molecule has 1 heterocycles. The zero-order valence-electron chi connectivity index (χ0n) is 12.5. The summed E-state index contributed by atoms with van der Waals surface area (Å²) in [6.07, 6.45) is 0. The molecule has 3 nitrogen and oxygen atoms in total. The van der Waals surface area contributed by atoms with Crippen LogP contribution in [0.2, 0.25) is 0 Å². The number of carboxylic acid groups (broad SMARTS) is 1. The van der Waals surface area contributed by atoms with Crippen molar-refractivity contribution < 1.29 is 9.90 Å². The molecule has 22 heavy (non-hydrogen) atoms. The van der Waals surface area contributed by atoms with Crippen molar-refractivity contribution in [1.82, 2.24) is 4.98 Å². The SMILES string of the molecule is Cc1ccc(C)c2c(SCC(=O)O)c(-c3ccccc3)[nH]c12. The summed E-state index contributed by atoms with van der Waals surface area (Å²) in [4.78, 5) is 15.5. The van der Waals surface area contributed by atoms with Gasteiger partial charge >= 0.3 is 5.97 Å². The summed E-state index contributed by atoms with van der Waals surface area (Å²) < 4.78 is 0. The minimum Gasteiger partial charge on any atom is -0.481 e. The van der Waals surface area contributed by atoms with E-state index in [1.54, 1.807) is 0 Å². The Morgan fingerprint density at radius 2 is 1.77 bits per heavy atom. The Bertz CT molecular complexity index is 837. The van der Waals surface area contributed by atoms with Crippen molar-refractivity contribution in [2.24, 2.45) is 0 Å². The lowest BCUT2D eigenvalue weighted by molar-refractivity contribution is -0.133. The van der Waals surface area contributed by atoms with Gasteiger partial charge in [-0.2, -0.15) is 0 Å². The first-order valence-corrected chi connectivity index (χ1v) is 8.08. The van der Waals surface area contributed by atoms with Crippen molar-refractivity contribution >= 4 is 28.6 Å². The summed E-state index contributed by atoms with van der Waals surface area (Å²) in [6, 6.07) is 14.2. The Morgan fingerprint density at radius 1 is 1.09 bits per heavy atom. The number of hydrogen-bond donors (Lipinski definition) is 2. The van der Waals surface area contributed by atoms with Gasteiger partial charge in [-0.05, 0) is 30.5 Å². The normalized spacial score (nSPS) is 11.0.